The van der Waals surface area contributed by atoms with Crippen LogP contribution in [0.1, 0.15) is 24.1 Å². The number of hydrogen-bond acceptors (Lipinski definition) is 1. The highest BCUT2D eigenvalue weighted by molar-refractivity contribution is 6.31. The lowest BCUT2D eigenvalue weighted by Gasteiger charge is -2.15. The SMILES string of the molecule is C[C@@H](NCCc1ccccc1)c1ccccc1Cl. The predicted molar refractivity (Wildman–Crippen MR) is 78.0 cm³/mol. The lowest BCUT2D eigenvalue weighted by Crippen LogP contribution is -2.21. The zero-order chi connectivity index (χ0) is 12.8. The molecule has 2 aromatic rings. The second-order valence-corrected chi connectivity index (χ2v) is 4.84. The fourth-order valence-corrected chi connectivity index (χ4v) is 2.31. The van der Waals surface area contributed by atoms with E-state index >= 15 is 0 Å². The third-order valence-electron chi connectivity index (χ3n) is 3.08. The molecular weight excluding hydrogens is 242 g/mol. The Hall–Kier alpha value is -1.31. The van der Waals surface area contributed by atoms with Crippen LogP contribution < -0.4 is 5.32 Å². The monoisotopic (exact) mass is 259 g/mol. The summed E-state index contributed by atoms with van der Waals surface area (Å²) in [6, 6.07) is 18.8. The Balaban J connectivity index is 1.86. The Bertz CT molecular complexity index is 481. The summed E-state index contributed by atoms with van der Waals surface area (Å²) in [7, 11) is 0. The fraction of sp³-hybridized carbons (Fsp3) is 0.250. The average molecular weight is 260 g/mol. The second-order valence-electron chi connectivity index (χ2n) is 4.43. The summed E-state index contributed by atoms with van der Waals surface area (Å²) in [4.78, 5) is 0. The van der Waals surface area contributed by atoms with Gasteiger partial charge in [0.25, 0.3) is 0 Å². The van der Waals surface area contributed by atoms with Gasteiger partial charge in [-0.25, -0.2) is 0 Å². The molecule has 0 amide bonds. The Morgan fingerprint density at radius 3 is 2.39 bits per heavy atom. The van der Waals surface area contributed by atoms with Crippen LogP contribution >= 0.6 is 11.6 Å². The van der Waals surface area contributed by atoms with Crippen molar-refractivity contribution in [1.29, 1.82) is 0 Å². The van der Waals surface area contributed by atoms with Gasteiger partial charge in [-0.1, -0.05) is 60.1 Å². The summed E-state index contributed by atoms with van der Waals surface area (Å²) in [6.45, 7) is 3.10. The highest BCUT2D eigenvalue weighted by atomic mass is 35.5. The number of hydrogen-bond donors (Lipinski definition) is 1. The summed E-state index contributed by atoms with van der Waals surface area (Å²) in [5.41, 5.74) is 2.52. The summed E-state index contributed by atoms with van der Waals surface area (Å²) >= 11 is 6.18. The van der Waals surface area contributed by atoms with Crippen LogP contribution in [0.2, 0.25) is 5.02 Å². The molecule has 0 fully saturated rings. The first-order valence-corrected chi connectivity index (χ1v) is 6.67. The molecule has 1 atom stereocenters. The van der Waals surface area contributed by atoms with E-state index in [1.165, 1.54) is 5.56 Å². The molecule has 94 valence electrons. The Kier molecular flexibility index (Phi) is 4.80. The summed E-state index contributed by atoms with van der Waals surface area (Å²) in [5, 5.41) is 4.33. The molecule has 0 aromatic heterocycles. The third-order valence-corrected chi connectivity index (χ3v) is 3.42. The van der Waals surface area contributed by atoms with E-state index in [1.807, 2.05) is 24.3 Å². The van der Waals surface area contributed by atoms with Crippen molar-refractivity contribution >= 4 is 11.6 Å². The second kappa shape index (κ2) is 6.58. The van der Waals surface area contributed by atoms with Gasteiger partial charge in [0, 0.05) is 11.1 Å². The summed E-state index contributed by atoms with van der Waals surface area (Å²) in [5.74, 6) is 0. The van der Waals surface area contributed by atoms with Crippen molar-refractivity contribution in [1.82, 2.24) is 5.32 Å². The van der Waals surface area contributed by atoms with Crippen LogP contribution in [-0.4, -0.2) is 6.54 Å². The van der Waals surface area contributed by atoms with E-state index < -0.39 is 0 Å². The molecule has 2 aromatic carbocycles. The summed E-state index contributed by atoms with van der Waals surface area (Å²) in [6.07, 6.45) is 1.04. The molecule has 0 heterocycles. The standard InChI is InChI=1S/C16H18ClN/c1-13(15-9-5-6-10-16(15)17)18-12-11-14-7-3-2-4-8-14/h2-10,13,18H,11-12H2,1H3/t13-/m1/s1. The Morgan fingerprint density at radius 1 is 1.00 bits per heavy atom. The number of rotatable bonds is 5. The maximum Gasteiger partial charge on any atom is 0.0453 e. The van der Waals surface area contributed by atoms with Crippen LogP contribution in [0, 0.1) is 0 Å². The van der Waals surface area contributed by atoms with E-state index in [0.29, 0.717) is 0 Å². The molecule has 0 bridgehead atoms. The van der Waals surface area contributed by atoms with Gasteiger partial charge in [0.05, 0.1) is 0 Å². The first-order valence-electron chi connectivity index (χ1n) is 6.29. The lowest BCUT2D eigenvalue weighted by molar-refractivity contribution is 0.577. The largest absolute Gasteiger partial charge is 0.310 e. The molecule has 0 unspecified atom stereocenters. The molecule has 0 spiro atoms. The summed E-state index contributed by atoms with van der Waals surface area (Å²) < 4.78 is 0. The number of benzene rings is 2. The van der Waals surface area contributed by atoms with Crippen molar-refractivity contribution in [2.75, 3.05) is 6.54 Å². The minimum Gasteiger partial charge on any atom is -0.310 e. The van der Waals surface area contributed by atoms with E-state index in [1.54, 1.807) is 0 Å². The van der Waals surface area contributed by atoms with Crippen LogP contribution in [-0.2, 0) is 6.42 Å². The molecule has 0 aliphatic carbocycles. The molecule has 0 saturated carbocycles. The minimum atomic E-state index is 0.280. The van der Waals surface area contributed by atoms with Gasteiger partial charge in [-0.3, -0.25) is 0 Å². The van der Waals surface area contributed by atoms with Gasteiger partial charge in [0.1, 0.15) is 0 Å². The van der Waals surface area contributed by atoms with E-state index in [-0.39, 0.29) is 6.04 Å². The zero-order valence-electron chi connectivity index (χ0n) is 10.6. The Labute approximate surface area is 114 Å². The van der Waals surface area contributed by atoms with Crippen LogP contribution in [0.5, 0.6) is 0 Å². The highest BCUT2D eigenvalue weighted by Gasteiger charge is 2.07. The maximum absolute atomic E-state index is 6.18. The van der Waals surface area contributed by atoms with Gasteiger partial charge in [-0.2, -0.15) is 0 Å². The minimum absolute atomic E-state index is 0.280. The smallest absolute Gasteiger partial charge is 0.0453 e. The van der Waals surface area contributed by atoms with E-state index in [4.69, 9.17) is 11.6 Å². The molecular formula is C16H18ClN. The zero-order valence-corrected chi connectivity index (χ0v) is 11.3. The van der Waals surface area contributed by atoms with Crippen molar-refractivity contribution in [2.24, 2.45) is 0 Å². The van der Waals surface area contributed by atoms with Crippen molar-refractivity contribution in [3.05, 3.63) is 70.7 Å². The topological polar surface area (TPSA) is 12.0 Å². The molecule has 1 nitrogen and oxygen atoms in total. The molecule has 0 aliphatic heterocycles. The van der Waals surface area contributed by atoms with Gasteiger partial charge >= 0.3 is 0 Å². The fourth-order valence-electron chi connectivity index (χ4n) is 2.01. The van der Waals surface area contributed by atoms with Crippen molar-refractivity contribution in [3.63, 3.8) is 0 Å². The number of halogens is 1. The van der Waals surface area contributed by atoms with E-state index in [9.17, 15) is 0 Å². The lowest BCUT2D eigenvalue weighted by atomic mass is 10.1. The molecule has 1 N–H and O–H groups in total. The molecule has 2 rings (SSSR count). The van der Waals surface area contributed by atoms with Crippen LogP contribution in [0.25, 0.3) is 0 Å². The van der Waals surface area contributed by atoms with Crippen molar-refractivity contribution in [2.45, 2.75) is 19.4 Å². The first kappa shape index (κ1) is 13.1. The van der Waals surface area contributed by atoms with E-state index in [2.05, 4.69) is 42.6 Å². The molecule has 0 saturated heterocycles. The molecule has 2 heteroatoms. The van der Waals surface area contributed by atoms with Gasteiger partial charge < -0.3 is 5.32 Å². The van der Waals surface area contributed by atoms with Crippen LogP contribution in [0.15, 0.2) is 54.6 Å². The molecule has 18 heavy (non-hydrogen) atoms. The predicted octanol–water partition coefficient (Wildman–Crippen LogP) is 4.23. The first-order chi connectivity index (χ1) is 8.77. The highest BCUT2D eigenvalue weighted by Crippen LogP contribution is 2.21. The number of nitrogens with one attached hydrogen (secondary N) is 1. The van der Waals surface area contributed by atoms with Gasteiger partial charge in [-0.05, 0) is 37.1 Å². The third kappa shape index (κ3) is 3.59. The molecule has 0 radical (unpaired) electrons. The quantitative estimate of drug-likeness (QED) is 0.847. The average Bonchev–Trinajstić information content (AvgIpc) is 2.40. The van der Waals surface area contributed by atoms with Gasteiger partial charge in [-0.15, -0.1) is 0 Å². The van der Waals surface area contributed by atoms with Crippen molar-refractivity contribution < 1.29 is 0 Å². The van der Waals surface area contributed by atoms with E-state index in [0.717, 1.165) is 23.6 Å². The Morgan fingerprint density at radius 2 is 1.67 bits per heavy atom. The van der Waals surface area contributed by atoms with Crippen LogP contribution in [0.3, 0.4) is 0 Å². The van der Waals surface area contributed by atoms with Crippen LogP contribution in [0.4, 0.5) is 0 Å². The van der Waals surface area contributed by atoms with Crippen molar-refractivity contribution in [3.8, 4) is 0 Å². The normalized spacial score (nSPS) is 12.3. The van der Waals surface area contributed by atoms with Gasteiger partial charge in [0.15, 0.2) is 0 Å². The van der Waals surface area contributed by atoms with Gasteiger partial charge in [0.2, 0.25) is 0 Å². The molecule has 0 aliphatic rings. The maximum atomic E-state index is 6.18.